The Morgan fingerprint density at radius 3 is 2.46 bits per heavy atom. The van der Waals surface area contributed by atoms with Crippen molar-refractivity contribution in [2.75, 3.05) is 14.2 Å². The van der Waals surface area contributed by atoms with Crippen LogP contribution >= 0.6 is 11.6 Å². The molecule has 0 saturated heterocycles. The van der Waals surface area contributed by atoms with Gasteiger partial charge < -0.3 is 14.4 Å². The van der Waals surface area contributed by atoms with Crippen LogP contribution in [0.2, 0.25) is 5.02 Å². The highest BCUT2D eigenvalue weighted by atomic mass is 35.5. The normalized spacial score (nSPS) is 11.7. The molecule has 24 heavy (non-hydrogen) atoms. The van der Waals surface area contributed by atoms with Crippen LogP contribution in [0, 0.1) is 0 Å². The molecule has 1 amide bonds. The van der Waals surface area contributed by atoms with Crippen molar-refractivity contribution < 1.29 is 14.3 Å². The molecule has 128 valence electrons. The molecule has 2 rings (SSSR count). The van der Waals surface area contributed by atoms with Crippen LogP contribution in [0.4, 0.5) is 0 Å². The minimum Gasteiger partial charge on any atom is -0.497 e. The largest absolute Gasteiger partial charge is 0.497 e. The van der Waals surface area contributed by atoms with Gasteiger partial charge in [-0.1, -0.05) is 36.7 Å². The number of hydrogen-bond donors (Lipinski definition) is 0. The maximum atomic E-state index is 12.6. The Labute approximate surface area is 147 Å². The van der Waals surface area contributed by atoms with E-state index < -0.39 is 6.10 Å². The summed E-state index contributed by atoms with van der Waals surface area (Å²) in [5.41, 5.74) is 1.03. The lowest BCUT2D eigenvalue weighted by molar-refractivity contribution is -0.138. The number of halogens is 1. The van der Waals surface area contributed by atoms with E-state index in [1.165, 1.54) is 0 Å². The van der Waals surface area contributed by atoms with E-state index in [1.54, 1.807) is 43.3 Å². The van der Waals surface area contributed by atoms with Gasteiger partial charge in [-0.25, -0.2) is 0 Å². The van der Waals surface area contributed by atoms with Crippen LogP contribution in [0.25, 0.3) is 0 Å². The van der Waals surface area contributed by atoms with Crippen LogP contribution in [0.3, 0.4) is 0 Å². The third-order valence-corrected chi connectivity index (χ3v) is 3.91. The molecule has 0 aliphatic heterocycles. The SMILES string of the molecule is CC[C@H](Oc1cccc(Cl)c1)C(=O)N(C)Cc1ccc(OC)cc1. The molecule has 0 unspecified atom stereocenters. The molecule has 0 radical (unpaired) electrons. The van der Waals surface area contributed by atoms with Crippen LogP contribution in [-0.4, -0.2) is 31.1 Å². The highest BCUT2D eigenvalue weighted by Crippen LogP contribution is 2.20. The fraction of sp³-hybridized carbons (Fsp3) is 0.316. The van der Waals surface area contributed by atoms with E-state index in [0.717, 1.165) is 11.3 Å². The molecule has 0 aliphatic carbocycles. The zero-order chi connectivity index (χ0) is 17.5. The quantitative estimate of drug-likeness (QED) is 0.754. The maximum Gasteiger partial charge on any atom is 0.263 e. The second-order valence-electron chi connectivity index (χ2n) is 5.51. The first-order chi connectivity index (χ1) is 11.5. The van der Waals surface area contributed by atoms with Crippen molar-refractivity contribution in [3.63, 3.8) is 0 Å². The molecule has 0 fully saturated rings. The van der Waals surface area contributed by atoms with E-state index >= 15 is 0 Å². The molecule has 4 nitrogen and oxygen atoms in total. The highest BCUT2D eigenvalue weighted by molar-refractivity contribution is 6.30. The lowest BCUT2D eigenvalue weighted by Gasteiger charge is -2.24. The first kappa shape index (κ1) is 18.1. The molecular weight excluding hydrogens is 326 g/mol. The average molecular weight is 348 g/mol. The molecule has 0 N–H and O–H groups in total. The monoisotopic (exact) mass is 347 g/mol. The summed E-state index contributed by atoms with van der Waals surface area (Å²) in [4.78, 5) is 14.3. The second kappa shape index (κ2) is 8.60. The number of likely N-dealkylation sites (N-methyl/N-ethyl adjacent to an activating group) is 1. The van der Waals surface area contributed by atoms with Crippen LogP contribution < -0.4 is 9.47 Å². The molecule has 0 bridgehead atoms. The van der Waals surface area contributed by atoms with Gasteiger partial charge in [0.25, 0.3) is 5.91 Å². The molecule has 0 saturated carbocycles. The number of ether oxygens (including phenoxy) is 2. The van der Waals surface area contributed by atoms with Crippen LogP contribution in [0.15, 0.2) is 48.5 Å². The minimum absolute atomic E-state index is 0.0618. The van der Waals surface area contributed by atoms with Crippen molar-refractivity contribution in [3.05, 3.63) is 59.1 Å². The molecule has 2 aromatic rings. The second-order valence-corrected chi connectivity index (χ2v) is 5.95. The van der Waals surface area contributed by atoms with Gasteiger partial charge in [0, 0.05) is 18.6 Å². The highest BCUT2D eigenvalue weighted by Gasteiger charge is 2.22. The predicted octanol–water partition coefficient (Wildman–Crippen LogP) is 4.16. The zero-order valence-corrected chi connectivity index (χ0v) is 14.9. The van der Waals surface area contributed by atoms with Gasteiger partial charge in [0.1, 0.15) is 11.5 Å². The summed E-state index contributed by atoms with van der Waals surface area (Å²) < 4.78 is 10.9. The Bertz CT molecular complexity index is 673. The first-order valence-electron chi connectivity index (χ1n) is 7.83. The van der Waals surface area contributed by atoms with Crippen LogP contribution in [0.5, 0.6) is 11.5 Å². The molecule has 0 heterocycles. The van der Waals surface area contributed by atoms with E-state index in [0.29, 0.717) is 23.7 Å². The van der Waals surface area contributed by atoms with Gasteiger partial charge in [0.05, 0.1) is 7.11 Å². The summed E-state index contributed by atoms with van der Waals surface area (Å²) in [5, 5.41) is 0.585. The van der Waals surface area contributed by atoms with Gasteiger partial charge in [0.15, 0.2) is 6.10 Å². The number of amides is 1. The molecule has 0 aliphatic rings. The Morgan fingerprint density at radius 2 is 1.88 bits per heavy atom. The van der Waals surface area contributed by atoms with Gasteiger partial charge in [-0.05, 0) is 42.3 Å². The first-order valence-corrected chi connectivity index (χ1v) is 8.21. The smallest absolute Gasteiger partial charge is 0.263 e. The van der Waals surface area contributed by atoms with Crippen molar-refractivity contribution in [2.24, 2.45) is 0 Å². The fourth-order valence-electron chi connectivity index (χ4n) is 2.34. The van der Waals surface area contributed by atoms with Crippen molar-refractivity contribution in [2.45, 2.75) is 26.0 Å². The van der Waals surface area contributed by atoms with E-state index in [2.05, 4.69) is 0 Å². The van der Waals surface area contributed by atoms with Crippen LogP contribution in [0.1, 0.15) is 18.9 Å². The number of carbonyl (C=O) groups is 1. The number of benzene rings is 2. The Hall–Kier alpha value is -2.20. The summed E-state index contributed by atoms with van der Waals surface area (Å²) >= 11 is 5.96. The van der Waals surface area contributed by atoms with Crippen molar-refractivity contribution in [1.82, 2.24) is 4.90 Å². The van der Waals surface area contributed by atoms with Crippen molar-refractivity contribution in [1.29, 1.82) is 0 Å². The molecule has 0 aromatic heterocycles. The number of carbonyl (C=O) groups excluding carboxylic acids is 1. The third-order valence-electron chi connectivity index (χ3n) is 3.68. The molecule has 0 spiro atoms. The summed E-state index contributed by atoms with van der Waals surface area (Å²) in [5.74, 6) is 1.33. The fourth-order valence-corrected chi connectivity index (χ4v) is 2.52. The minimum atomic E-state index is -0.535. The topological polar surface area (TPSA) is 38.8 Å². The standard InChI is InChI=1S/C19H22ClNO3/c1-4-18(24-17-7-5-6-15(20)12-17)19(22)21(2)13-14-8-10-16(23-3)11-9-14/h5-12,18H,4,13H2,1-3H3/t18-/m0/s1. The molecule has 1 atom stereocenters. The lowest BCUT2D eigenvalue weighted by atomic mass is 10.2. The number of hydrogen-bond acceptors (Lipinski definition) is 3. The van der Waals surface area contributed by atoms with E-state index in [4.69, 9.17) is 21.1 Å². The summed E-state index contributed by atoms with van der Waals surface area (Å²) in [6.07, 6.45) is 0.0462. The Morgan fingerprint density at radius 1 is 1.17 bits per heavy atom. The Kier molecular flexibility index (Phi) is 6.50. The third kappa shape index (κ3) is 4.90. The molecule has 2 aromatic carbocycles. The molecule has 5 heteroatoms. The Balaban J connectivity index is 2.00. The lowest BCUT2D eigenvalue weighted by Crippen LogP contribution is -2.39. The number of methoxy groups -OCH3 is 1. The van der Waals surface area contributed by atoms with Gasteiger partial charge in [-0.15, -0.1) is 0 Å². The summed E-state index contributed by atoms with van der Waals surface area (Å²) in [6, 6.07) is 14.7. The average Bonchev–Trinajstić information content (AvgIpc) is 2.59. The summed E-state index contributed by atoms with van der Waals surface area (Å²) in [7, 11) is 3.40. The summed E-state index contributed by atoms with van der Waals surface area (Å²) in [6.45, 7) is 2.44. The van der Waals surface area contributed by atoms with Crippen molar-refractivity contribution >= 4 is 17.5 Å². The van der Waals surface area contributed by atoms with Gasteiger partial charge in [-0.3, -0.25) is 4.79 Å². The number of rotatable bonds is 7. The van der Waals surface area contributed by atoms with Crippen molar-refractivity contribution in [3.8, 4) is 11.5 Å². The predicted molar refractivity (Wildman–Crippen MR) is 95.6 cm³/mol. The zero-order valence-electron chi connectivity index (χ0n) is 14.2. The molecular formula is C19H22ClNO3. The number of nitrogens with zero attached hydrogens (tertiary/aromatic N) is 1. The van der Waals surface area contributed by atoms with E-state index in [1.807, 2.05) is 31.2 Å². The van der Waals surface area contributed by atoms with Gasteiger partial charge in [-0.2, -0.15) is 0 Å². The van der Waals surface area contributed by atoms with Gasteiger partial charge in [0.2, 0.25) is 0 Å². The van der Waals surface area contributed by atoms with Gasteiger partial charge >= 0.3 is 0 Å². The van der Waals surface area contributed by atoms with Crippen LogP contribution in [-0.2, 0) is 11.3 Å². The maximum absolute atomic E-state index is 12.6. The van der Waals surface area contributed by atoms with E-state index in [9.17, 15) is 4.79 Å². The van der Waals surface area contributed by atoms with E-state index in [-0.39, 0.29) is 5.91 Å².